The molecule has 10 heteroatoms. The molecule has 2 unspecified atom stereocenters. The second-order valence-corrected chi connectivity index (χ2v) is 6.43. The zero-order valence-electron chi connectivity index (χ0n) is 14.1. The van der Waals surface area contributed by atoms with Crippen molar-refractivity contribution in [1.29, 1.82) is 0 Å². The number of hydrogen-bond acceptors (Lipinski definition) is 9. The summed E-state index contributed by atoms with van der Waals surface area (Å²) in [6.45, 7) is 3.14. The Morgan fingerprint density at radius 1 is 1.15 bits per heavy atom. The quantitative estimate of drug-likeness (QED) is 0.464. The van der Waals surface area contributed by atoms with Gasteiger partial charge in [-0.1, -0.05) is 12.2 Å². The second kappa shape index (κ2) is 7.25. The van der Waals surface area contributed by atoms with Gasteiger partial charge in [0.2, 0.25) is 0 Å². The van der Waals surface area contributed by atoms with Gasteiger partial charge in [0.15, 0.2) is 23.2 Å². The van der Waals surface area contributed by atoms with E-state index < -0.39 is 24.5 Å². The lowest BCUT2D eigenvalue weighted by Gasteiger charge is -2.17. The molecule has 2 aliphatic rings. The number of rotatable bonds is 6. The van der Waals surface area contributed by atoms with Gasteiger partial charge in [0, 0.05) is 26.2 Å². The Hall–Kier alpha value is -2.11. The first-order chi connectivity index (χ1) is 12.7. The van der Waals surface area contributed by atoms with Crippen molar-refractivity contribution in [2.75, 3.05) is 38.1 Å². The molecule has 0 aliphatic carbocycles. The van der Waals surface area contributed by atoms with E-state index in [0.717, 1.165) is 19.6 Å². The van der Waals surface area contributed by atoms with Crippen LogP contribution in [0.1, 0.15) is 6.23 Å². The summed E-state index contributed by atoms with van der Waals surface area (Å²) in [6.07, 6.45) is 3.13. The molecular formula is C16H22N6O4. The first kappa shape index (κ1) is 17.3. The van der Waals surface area contributed by atoms with E-state index in [9.17, 15) is 15.3 Å². The third-order valence-corrected chi connectivity index (χ3v) is 4.76. The fourth-order valence-electron chi connectivity index (χ4n) is 3.31. The zero-order chi connectivity index (χ0) is 18.1. The number of imidazole rings is 1. The van der Waals surface area contributed by atoms with Gasteiger partial charge in [-0.3, -0.25) is 9.47 Å². The van der Waals surface area contributed by atoms with Crippen molar-refractivity contribution in [2.45, 2.75) is 24.5 Å². The normalized spacial score (nSPS) is 29.0. The molecule has 2 aliphatic heterocycles. The summed E-state index contributed by atoms with van der Waals surface area (Å²) in [7, 11) is 0. The second-order valence-electron chi connectivity index (χ2n) is 6.43. The van der Waals surface area contributed by atoms with Crippen LogP contribution in [0.15, 0.2) is 24.8 Å². The van der Waals surface area contributed by atoms with E-state index in [1.54, 1.807) is 4.57 Å². The zero-order valence-corrected chi connectivity index (χ0v) is 14.1. The Balaban J connectivity index is 1.51. The van der Waals surface area contributed by atoms with Gasteiger partial charge in [0.1, 0.15) is 24.6 Å². The average Bonchev–Trinajstić information content (AvgIpc) is 3.37. The van der Waals surface area contributed by atoms with Crippen LogP contribution in [0.5, 0.6) is 0 Å². The maximum Gasteiger partial charge on any atom is 0.167 e. The molecule has 0 spiro atoms. The Morgan fingerprint density at radius 3 is 2.69 bits per heavy atom. The van der Waals surface area contributed by atoms with Crippen LogP contribution in [0.4, 0.5) is 5.82 Å². The minimum absolute atomic E-state index is 0.380. The predicted molar refractivity (Wildman–Crippen MR) is 92.4 cm³/mol. The lowest BCUT2D eigenvalue weighted by Crippen LogP contribution is -2.33. The van der Waals surface area contributed by atoms with Crippen LogP contribution in [0.2, 0.25) is 0 Å². The van der Waals surface area contributed by atoms with Gasteiger partial charge in [-0.25, -0.2) is 15.0 Å². The Kier molecular flexibility index (Phi) is 4.83. The highest BCUT2D eigenvalue weighted by molar-refractivity contribution is 5.82. The molecule has 140 valence electrons. The number of fused-ring (bicyclic) bond motifs is 1. The molecule has 4 rings (SSSR count). The van der Waals surface area contributed by atoms with E-state index in [4.69, 9.17) is 4.74 Å². The van der Waals surface area contributed by atoms with Gasteiger partial charge >= 0.3 is 0 Å². The molecule has 0 bridgehead atoms. The summed E-state index contributed by atoms with van der Waals surface area (Å²) in [5.41, 5.74) is 1.05. The van der Waals surface area contributed by atoms with Crippen molar-refractivity contribution in [1.82, 2.24) is 24.4 Å². The van der Waals surface area contributed by atoms with Crippen LogP contribution in [0.3, 0.4) is 0 Å². The number of hydrogen-bond donors (Lipinski definition) is 4. The van der Waals surface area contributed by atoms with Crippen LogP contribution in [0.25, 0.3) is 11.2 Å². The topological polar surface area (TPSA) is 129 Å². The predicted octanol–water partition coefficient (Wildman–Crippen LogP) is -1.28. The summed E-state index contributed by atoms with van der Waals surface area (Å²) in [6, 6.07) is 0. The van der Waals surface area contributed by atoms with Crippen molar-refractivity contribution in [2.24, 2.45) is 0 Å². The highest BCUT2D eigenvalue weighted by Crippen LogP contribution is 2.31. The molecule has 4 heterocycles. The van der Waals surface area contributed by atoms with Crippen LogP contribution < -0.4 is 5.32 Å². The monoisotopic (exact) mass is 362 g/mol. The van der Waals surface area contributed by atoms with E-state index in [2.05, 4.69) is 37.3 Å². The largest absolute Gasteiger partial charge is 0.394 e. The Morgan fingerprint density at radius 2 is 1.96 bits per heavy atom. The van der Waals surface area contributed by atoms with Gasteiger partial charge in [0.25, 0.3) is 0 Å². The molecule has 1 fully saturated rings. The first-order valence-electron chi connectivity index (χ1n) is 8.60. The Bertz CT molecular complexity index is 788. The van der Waals surface area contributed by atoms with Gasteiger partial charge in [-0.05, 0) is 0 Å². The van der Waals surface area contributed by atoms with Gasteiger partial charge in [0.05, 0.1) is 12.9 Å². The molecule has 2 aromatic rings. The molecule has 0 aromatic carbocycles. The Labute approximate surface area is 149 Å². The van der Waals surface area contributed by atoms with Crippen LogP contribution in [-0.4, -0.2) is 90.8 Å². The summed E-state index contributed by atoms with van der Waals surface area (Å²) in [5, 5.41) is 32.7. The molecule has 2 aromatic heterocycles. The van der Waals surface area contributed by atoms with E-state index in [1.165, 1.54) is 12.7 Å². The van der Waals surface area contributed by atoms with Crippen molar-refractivity contribution in [3.05, 3.63) is 24.8 Å². The number of aliphatic hydroxyl groups is 3. The number of nitrogens with zero attached hydrogens (tertiary/aromatic N) is 5. The van der Waals surface area contributed by atoms with Crippen molar-refractivity contribution < 1.29 is 20.1 Å². The molecule has 0 radical (unpaired) electrons. The van der Waals surface area contributed by atoms with Crippen molar-refractivity contribution in [3.63, 3.8) is 0 Å². The van der Waals surface area contributed by atoms with E-state index in [0.29, 0.717) is 23.5 Å². The first-order valence-corrected chi connectivity index (χ1v) is 8.60. The van der Waals surface area contributed by atoms with Gasteiger partial charge < -0.3 is 25.4 Å². The molecular weight excluding hydrogens is 340 g/mol. The van der Waals surface area contributed by atoms with Crippen LogP contribution in [0, 0.1) is 0 Å². The molecule has 0 amide bonds. The van der Waals surface area contributed by atoms with E-state index in [-0.39, 0.29) is 6.61 Å². The molecule has 1 saturated heterocycles. The molecule has 0 saturated carbocycles. The van der Waals surface area contributed by atoms with Gasteiger partial charge in [-0.2, -0.15) is 0 Å². The number of anilines is 1. The fourth-order valence-corrected chi connectivity index (χ4v) is 3.31. The highest BCUT2D eigenvalue weighted by atomic mass is 16.6. The molecule has 4 N–H and O–H groups in total. The number of nitrogens with one attached hydrogen (secondary N) is 1. The van der Waals surface area contributed by atoms with E-state index >= 15 is 0 Å². The number of ether oxygens (including phenoxy) is 1. The summed E-state index contributed by atoms with van der Waals surface area (Å²) in [5.74, 6) is 0.604. The lowest BCUT2D eigenvalue weighted by molar-refractivity contribution is -0.0511. The third kappa shape index (κ3) is 3.06. The number of aromatic nitrogens is 4. The lowest BCUT2D eigenvalue weighted by atomic mass is 10.1. The van der Waals surface area contributed by atoms with Crippen LogP contribution in [-0.2, 0) is 4.74 Å². The SMILES string of the molecule is OC[C@H]1O[C@@H](n2cnc3c(NCCN4CC=CC4)ncnc32)C(O)C1O. The van der Waals surface area contributed by atoms with Crippen molar-refractivity contribution in [3.8, 4) is 0 Å². The fraction of sp³-hybridized carbons (Fsp3) is 0.562. The molecule has 10 nitrogen and oxygen atoms in total. The molecule has 4 atom stereocenters. The summed E-state index contributed by atoms with van der Waals surface area (Å²) in [4.78, 5) is 15.1. The van der Waals surface area contributed by atoms with Crippen LogP contribution >= 0.6 is 0 Å². The standard InChI is InChI=1S/C16H22N6O4/c23-7-10-12(24)13(25)16(26-10)22-9-20-11-14(18-8-19-15(11)22)17-3-6-21-4-1-2-5-21/h1-2,8-10,12-13,16,23-25H,3-7H2,(H,17,18,19)/t10-,12?,13?,16-/m1/s1. The smallest absolute Gasteiger partial charge is 0.167 e. The number of aliphatic hydroxyl groups excluding tert-OH is 3. The summed E-state index contributed by atoms with van der Waals surface area (Å²) >= 11 is 0. The maximum absolute atomic E-state index is 10.2. The van der Waals surface area contributed by atoms with Crippen molar-refractivity contribution >= 4 is 17.0 Å². The minimum atomic E-state index is -1.18. The van der Waals surface area contributed by atoms with Gasteiger partial charge in [-0.15, -0.1) is 0 Å². The molecule has 26 heavy (non-hydrogen) atoms. The summed E-state index contributed by atoms with van der Waals surface area (Å²) < 4.78 is 7.11. The van der Waals surface area contributed by atoms with E-state index in [1.807, 2.05) is 0 Å². The minimum Gasteiger partial charge on any atom is -0.394 e. The average molecular weight is 362 g/mol. The third-order valence-electron chi connectivity index (χ3n) is 4.76. The maximum atomic E-state index is 10.2. The highest BCUT2D eigenvalue weighted by Gasteiger charge is 2.44.